The van der Waals surface area contributed by atoms with E-state index in [9.17, 15) is 0 Å². The van der Waals surface area contributed by atoms with Gasteiger partial charge in [-0.15, -0.1) is 0 Å². The lowest BCUT2D eigenvalue weighted by Gasteiger charge is -2.47. The van der Waals surface area contributed by atoms with Crippen LogP contribution in [0.3, 0.4) is 0 Å². The molecule has 0 aliphatic carbocycles. The number of benzene rings is 1. The highest BCUT2D eigenvalue weighted by atomic mass is 79.9. The molecular weight excluding hydrogens is 252 g/mol. The monoisotopic (exact) mass is 264 g/mol. The molecule has 1 fully saturated rings. The molecule has 0 N–H and O–H groups in total. The normalized spacial score (nSPS) is 18.1. The van der Waals surface area contributed by atoms with E-state index in [2.05, 4.69) is 40.7 Å². The molecule has 1 aromatic carbocycles. The smallest absolute Gasteiger partial charge is 0.101 e. The van der Waals surface area contributed by atoms with E-state index in [1.54, 1.807) is 0 Å². The molecule has 3 heteroatoms. The van der Waals surface area contributed by atoms with Crippen LogP contribution in [0.2, 0.25) is 0 Å². The zero-order valence-corrected chi connectivity index (χ0v) is 10.5. The molecule has 2 nitrogen and oxygen atoms in total. The van der Waals surface area contributed by atoms with Gasteiger partial charge in [-0.2, -0.15) is 5.26 Å². The fraction of sp³-hybridized carbons (Fsp3) is 0.417. The Morgan fingerprint density at radius 2 is 2.07 bits per heavy atom. The van der Waals surface area contributed by atoms with Crippen molar-refractivity contribution in [1.29, 1.82) is 5.26 Å². The summed E-state index contributed by atoms with van der Waals surface area (Å²) in [5, 5.41) is 9.02. The van der Waals surface area contributed by atoms with Gasteiger partial charge >= 0.3 is 0 Å². The minimum absolute atomic E-state index is 0.384. The Labute approximate surface area is 98.6 Å². The number of nitriles is 1. The standard InChI is InChI=1S/C12H13BrN2/c1-12(2)7-15(8-12)11-5-10(13)4-3-9(11)6-14/h3-5H,7-8H2,1-2H3. The van der Waals surface area contributed by atoms with Crippen molar-refractivity contribution in [3.05, 3.63) is 28.2 Å². The van der Waals surface area contributed by atoms with Crippen molar-refractivity contribution in [2.45, 2.75) is 13.8 Å². The minimum Gasteiger partial charge on any atom is -0.369 e. The maximum absolute atomic E-state index is 9.02. The Hall–Kier alpha value is -1.01. The fourth-order valence-electron chi connectivity index (χ4n) is 2.02. The van der Waals surface area contributed by atoms with Gasteiger partial charge in [-0.05, 0) is 23.6 Å². The molecule has 1 aromatic rings. The third-order valence-electron chi connectivity index (χ3n) is 2.66. The first-order chi connectivity index (χ1) is 7.02. The van der Waals surface area contributed by atoms with E-state index < -0.39 is 0 Å². The largest absolute Gasteiger partial charge is 0.369 e. The Balaban J connectivity index is 2.29. The molecule has 1 aliphatic heterocycles. The van der Waals surface area contributed by atoms with Gasteiger partial charge in [0.15, 0.2) is 0 Å². The van der Waals surface area contributed by atoms with Gasteiger partial charge in [0.2, 0.25) is 0 Å². The van der Waals surface area contributed by atoms with Crippen LogP contribution < -0.4 is 4.90 Å². The summed E-state index contributed by atoms with van der Waals surface area (Å²) in [5.41, 5.74) is 2.19. The highest BCUT2D eigenvalue weighted by molar-refractivity contribution is 9.10. The van der Waals surface area contributed by atoms with Crippen molar-refractivity contribution in [1.82, 2.24) is 0 Å². The minimum atomic E-state index is 0.384. The molecule has 2 rings (SSSR count). The van der Waals surface area contributed by atoms with Crippen LogP contribution in [0.15, 0.2) is 22.7 Å². The summed E-state index contributed by atoms with van der Waals surface area (Å²) < 4.78 is 1.03. The first-order valence-corrected chi connectivity index (χ1v) is 5.76. The lowest BCUT2D eigenvalue weighted by atomic mass is 9.83. The number of anilines is 1. The first-order valence-electron chi connectivity index (χ1n) is 4.96. The average Bonchev–Trinajstić information content (AvgIpc) is 2.14. The van der Waals surface area contributed by atoms with Gasteiger partial charge < -0.3 is 4.90 Å². The fourth-order valence-corrected chi connectivity index (χ4v) is 2.37. The predicted octanol–water partition coefficient (Wildman–Crippen LogP) is 3.17. The highest BCUT2D eigenvalue weighted by Crippen LogP contribution is 2.36. The number of hydrogen-bond donors (Lipinski definition) is 0. The SMILES string of the molecule is CC1(C)CN(c2cc(Br)ccc2C#N)C1. The Morgan fingerprint density at radius 1 is 1.40 bits per heavy atom. The van der Waals surface area contributed by atoms with E-state index in [1.165, 1.54) is 0 Å². The van der Waals surface area contributed by atoms with Crippen molar-refractivity contribution < 1.29 is 0 Å². The van der Waals surface area contributed by atoms with Gasteiger partial charge in [0, 0.05) is 17.6 Å². The molecule has 1 heterocycles. The molecule has 0 radical (unpaired) electrons. The van der Waals surface area contributed by atoms with Crippen molar-refractivity contribution in [2.24, 2.45) is 5.41 Å². The summed E-state index contributed by atoms with van der Waals surface area (Å²) in [4.78, 5) is 2.25. The maximum Gasteiger partial charge on any atom is 0.101 e. The van der Waals surface area contributed by atoms with Crippen molar-refractivity contribution in [3.63, 3.8) is 0 Å². The quantitative estimate of drug-likeness (QED) is 0.779. The number of nitrogens with zero attached hydrogens (tertiary/aromatic N) is 2. The molecule has 78 valence electrons. The Morgan fingerprint density at radius 3 is 2.60 bits per heavy atom. The molecule has 0 amide bonds. The van der Waals surface area contributed by atoms with E-state index in [0.29, 0.717) is 5.41 Å². The average molecular weight is 265 g/mol. The summed E-state index contributed by atoms with van der Waals surface area (Å²) in [6, 6.07) is 8.03. The van der Waals surface area contributed by atoms with Crippen LogP contribution in [0, 0.1) is 16.7 Å². The Bertz CT molecular complexity index is 424. The second-order valence-corrected chi connectivity index (χ2v) is 5.71. The van der Waals surface area contributed by atoms with Crippen LogP contribution in [-0.4, -0.2) is 13.1 Å². The lowest BCUT2D eigenvalue weighted by Crippen LogP contribution is -2.53. The topological polar surface area (TPSA) is 27.0 Å². The second kappa shape index (κ2) is 3.53. The third kappa shape index (κ3) is 2.00. The summed E-state index contributed by atoms with van der Waals surface area (Å²) in [5.74, 6) is 0. The van der Waals surface area contributed by atoms with Crippen LogP contribution in [-0.2, 0) is 0 Å². The summed E-state index contributed by atoms with van der Waals surface area (Å²) in [6.07, 6.45) is 0. The van der Waals surface area contributed by atoms with Crippen LogP contribution in [0.4, 0.5) is 5.69 Å². The zero-order valence-electron chi connectivity index (χ0n) is 8.92. The van der Waals surface area contributed by atoms with Crippen LogP contribution in [0.25, 0.3) is 0 Å². The Kier molecular flexibility index (Phi) is 2.47. The maximum atomic E-state index is 9.02. The van der Waals surface area contributed by atoms with E-state index in [0.717, 1.165) is 28.8 Å². The zero-order chi connectivity index (χ0) is 11.1. The van der Waals surface area contributed by atoms with Crippen molar-refractivity contribution in [3.8, 4) is 6.07 Å². The first kappa shape index (κ1) is 10.5. The molecule has 0 saturated carbocycles. The summed E-state index contributed by atoms with van der Waals surface area (Å²) in [7, 11) is 0. The lowest BCUT2D eigenvalue weighted by molar-refractivity contribution is 0.276. The van der Waals surface area contributed by atoms with Crippen molar-refractivity contribution >= 4 is 21.6 Å². The molecule has 0 spiro atoms. The van der Waals surface area contributed by atoms with E-state index >= 15 is 0 Å². The van der Waals surface area contributed by atoms with E-state index in [1.807, 2.05) is 18.2 Å². The molecule has 1 aliphatic rings. The van der Waals surface area contributed by atoms with Crippen molar-refractivity contribution in [2.75, 3.05) is 18.0 Å². The predicted molar refractivity (Wildman–Crippen MR) is 64.9 cm³/mol. The number of rotatable bonds is 1. The molecule has 1 saturated heterocycles. The van der Waals surface area contributed by atoms with E-state index in [4.69, 9.17) is 5.26 Å². The van der Waals surface area contributed by atoms with Gasteiger partial charge in [0.1, 0.15) is 6.07 Å². The second-order valence-electron chi connectivity index (χ2n) is 4.79. The molecule has 0 atom stereocenters. The highest BCUT2D eigenvalue weighted by Gasteiger charge is 2.35. The van der Waals surface area contributed by atoms with Crippen LogP contribution in [0.5, 0.6) is 0 Å². The van der Waals surface area contributed by atoms with E-state index in [-0.39, 0.29) is 0 Å². The third-order valence-corrected chi connectivity index (χ3v) is 3.15. The summed E-state index contributed by atoms with van der Waals surface area (Å²) >= 11 is 3.44. The molecule has 0 aromatic heterocycles. The molecule has 0 bridgehead atoms. The van der Waals surface area contributed by atoms with Gasteiger partial charge in [0.05, 0.1) is 11.3 Å². The van der Waals surface area contributed by atoms with Crippen LogP contribution in [0.1, 0.15) is 19.4 Å². The van der Waals surface area contributed by atoms with Crippen LogP contribution >= 0.6 is 15.9 Å². The van der Waals surface area contributed by atoms with Gasteiger partial charge in [-0.1, -0.05) is 29.8 Å². The molecule has 15 heavy (non-hydrogen) atoms. The molecular formula is C12H13BrN2. The summed E-state index contributed by atoms with van der Waals surface area (Å²) in [6.45, 7) is 6.54. The molecule has 0 unspecified atom stereocenters. The number of halogens is 1. The van der Waals surface area contributed by atoms with Gasteiger partial charge in [0.25, 0.3) is 0 Å². The number of hydrogen-bond acceptors (Lipinski definition) is 2. The van der Waals surface area contributed by atoms with Gasteiger partial charge in [-0.3, -0.25) is 0 Å². The van der Waals surface area contributed by atoms with Gasteiger partial charge in [-0.25, -0.2) is 0 Å².